The van der Waals surface area contributed by atoms with Crippen molar-refractivity contribution < 1.29 is 23.9 Å². The van der Waals surface area contributed by atoms with Crippen molar-refractivity contribution in [1.29, 1.82) is 0 Å². The van der Waals surface area contributed by atoms with Gasteiger partial charge in [0.15, 0.2) is 11.6 Å². The normalized spacial score (nSPS) is 10.8. The Kier molecular flexibility index (Phi) is 11.8. The van der Waals surface area contributed by atoms with Gasteiger partial charge in [-0.05, 0) is 42.7 Å². The van der Waals surface area contributed by atoms with Crippen LogP contribution in [0.3, 0.4) is 0 Å². The number of thiophene rings is 1. The molecule has 0 spiro atoms. The highest BCUT2D eigenvalue weighted by Gasteiger charge is 2.13. The Bertz CT molecular complexity index is 864. The van der Waals surface area contributed by atoms with Crippen molar-refractivity contribution in [3.8, 4) is 0 Å². The minimum absolute atomic E-state index is 0.0105. The summed E-state index contributed by atoms with van der Waals surface area (Å²) in [5.74, 6) is -0.333. The smallest absolute Gasteiger partial charge is 0.251 e. The van der Waals surface area contributed by atoms with Gasteiger partial charge in [-0.3, -0.25) is 14.4 Å². The molecule has 1 aromatic heterocycles. The second-order valence-corrected chi connectivity index (χ2v) is 8.33. The zero-order chi connectivity index (χ0) is 23.2. The highest BCUT2D eigenvalue weighted by atomic mass is 32.1. The summed E-state index contributed by atoms with van der Waals surface area (Å²) in [6, 6.07) is 10.5. The van der Waals surface area contributed by atoms with E-state index in [-0.39, 0.29) is 24.0 Å². The van der Waals surface area contributed by atoms with Gasteiger partial charge in [0.2, 0.25) is 0 Å². The zero-order valence-electron chi connectivity index (χ0n) is 18.6. The fourth-order valence-electron chi connectivity index (χ4n) is 2.85. The van der Waals surface area contributed by atoms with E-state index in [1.54, 1.807) is 24.3 Å². The first kappa shape index (κ1) is 25.9. The largest absolute Gasteiger partial charge is 0.379 e. The third kappa shape index (κ3) is 9.00. The number of hydrogen-bond donors (Lipinski definition) is 2. The molecule has 7 nitrogen and oxygen atoms in total. The van der Waals surface area contributed by atoms with Crippen molar-refractivity contribution in [2.24, 2.45) is 5.73 Å². The molecule has 0 saturated carbocycles. The summed E-state index contributed by atoms with van der Waals surface area (Å²) in [6.07, 6.45) is 3.06. The highest BCUT2D eigenvalue weighted by Crippen LogP contribution is 2.19. The Morgan fingerprint density at radius 3 is 2.22 bits per heavy atom. The van der Waals surface area contributed by atoms with Crippen LogP contribution < -0.4 is 11.1 Å². The van der Waals surface area contributed by atoms with Crippen molar-refractivity contribution in [1.82, 2.24) is 5.32 Å². The molecule has 0 bridgehead atoms. The number of ketones is 2. The monoisotopic (exact) mass is 460 g/mol. The molecule has 3 N–H and O–H groups in total. The van der Waals surface area contributed by atoms with Crippen LogP contribution >= 0.6 is 11.3 Å². The molecule has 0 atom stereocenters. The van der Waals surface area contributed by atoms with Crippen LogP contribution in [-0.2, 0) is 15.9 Å². The first-order valence-corrected chi connectivity index (χ1v) is 11.8. The molecule has 32 heavy (non-hydrogen) atoms. The standard InChI is InChI=1S/C24H32N2O5S/c1-2-3-13-30-15-16-31-14-12-26-24(29)19-7-4-18(5-8-19)6-9-20(27)22-10-11-23(32-22)21(28)17-25/h4-5,7-8,10-11H,2-3,6,9,12-17,25H2,1H3,(H,26,29). The first-order valence-electron chi connectivity index (χ1n) is 10.9. The van der Waals surface area contributed by atoms with Crippen LogP contribution in [0.1, 0.15) is 61.5 Å². The van der Waals surface area contributed by atoms with Crippen molar-refractivity contribution in [3.63, 3.8) is 0 Å². The molecule has 0 unspecified atom stereocenters. The minimum Gasteiger partial charge on any atom is -0.379 e. The molecule has 0 radical (unpaired) electrons. The number of unbranched alkanes of at least 4 members (excludes halogenated alkanes) is 1. The van der Waals surface area contributed by atoms with Crippen molar-refractivity contribution in [3.05, 3.63) is 57.3 Å². The van der Waals surface area contributed by atoms with Gasteiger partial charge in [-0.15, -0.1) is 11.3 Å². The summed E-state index contributed by atoms with van der Waals surface area (Å²) < 4.78 is 10.8. The van der Waals surface area contributed by atoms with E-state index in [1.165, 1.54) is 11.3 Å². The minimum atomic E-state index is -0.161. The predicted octanol–water partition coefficient (Wildman–Crippen LogP) is 3.27. The number of nitrogens with two attached hydrogens (primary N) is 1. The lowest BCUT2D eigenvalue weighted by atomic mass is 10.0. The number of nitrogens with one attached hydrogen (secondary N) is 1. The number of ether oxygens (including phenoxy) is 2. The molecule has 0 fully saturated rings. The van der Waals surface area contributed by atoms with E-state index in [4.69, 9.17) is 15.2 Å². The Balaban J connectivity index is 1.66. The molecular weight excluding hydrogens is 428 g/mol. The van der Waals surface area contributed by atoms with Gasteiger partial charge < -0.3 is 20.5 Å². The summed E-state index contributed by atoms with van der Waals surface area (Å²) in [7, 11) is 0. The molecular formula is C24H32N2O5S. The third-order valence-corrected chi connectivity index (χ3v) is 5.91. The molecule has 0 saturated heterocycles. The van der Waals surface area contributed by atoms with Crippen LogP contribution in [0.2, 0.25) is 0 Å². The maximum atomic E-state index is 12.4. The Labute approximate surface area is 193 Å². The van der Waals surface area contributed by atoms with Gasteiger partial charge in [-0.1, -0.05) is 25.5 Å². The molecule has 1 aromatic carbocycles. The summed E-state index contributed by atoms with van der Waals surface area (Å²) in [5, 5.41) is 2.82. The van der Waals surface area contributed by atoms with Crippen LogP contribution in [0.25, 0.3) is 0 Å². The molecule has 0 aliphatic rings. The van der Waals surface area contributed by atoms with E-state index in [1.807, 2.05) is 12.1 Å². The third-order valence-electron chi connectivity index (χ3n) is 4.74. The van der Waals surface area contributed by atoms with Gasteiger partial charge in [-0.2, -0.15) is 0 Å². The molecule has 2 rings (SSSR count). The maximum Gasteiger partial charge on any atom is 0.251 e. The summed E-state index contributed by atoms with van der Waals surface area (Å²) in [6.45, 7) is 4.76. The predicted molar refractivity (Wildman–Crippen MR) is 126 cm³/mol. The van der Waals surface area contributed by atoms with E-state index in [0.29, 0.717) is 54.5 Å². The fraction of sp³-hybridized carbons (Fsp3) is 0.458. The van der Waals surface area contributed by atoms with E-state index >= 15 is 0 Å². The quantitative estimate of drug-likeness (QED) is 0.294. The van der Waals surface area contributed by atoms with Gasteiger partial charge in [0.1, 0.15) is 0 Å². The molecule has 1 heterocycles. The summed E-state index contributed by atoms with van der Waals surface area (Å²) in [4.78, 5) is 37.3. The van der Waals surface area contributed by atoms with Crippen LogP contribution in [0.4, 0.5) is 0 Å². The number of carbonyl (C=O) groups excluding carboxylic acids is 3. The highest BCUT2D eigenvalue weighted by molar-refractivity contribution is 7.16. The molecule has 2 aromatic rings. The second-order valence-electron chi connectivity index (χ2n) is 7.25. The lowest BCUT2D eigenvalue weighted by Crippen LogP contribution is -2.27. The molecule has 0 aliphatic heterocycles. The Morgan fingerprint density at radius 2 is 1.56 bits per heavy atom. The van der Waals surface area contributed by atoms with Crippen LogP contribution in [-0.4, -0.2) is 57.0 Å². The average Bonchev–Trinajstić information content (AvgIpc) is 3.31. The number of benzene rings is 1. The van der Waals surface area contributed by atoms with Gasteiger partial charge in [0, 0.05) is 25.1 Å². The van der Waals surface area contributed by atoms with Crippen LogP contribution in [0, 0.1) is 0 Å². The lowest BCUT2D eigenvalue weighted by Gasteiger charge is -2.08. The average molecular weight is 461 g/mol. The maximum absolute atomic E-state index is 12.4. The van der Waals surface area contributed by atoms with E-state index in [0.717, 1.165) is 25.0 Å². The topological polar surface area (TPSA) is 108 Å². The number of hydrogen-bond acceptors (Lipinski definition) is 7. The molecule has 174 valence electrons. The van der Waals surface area contributed by atoms with Gasteiger partial charge >= 0.3 is 0 Å². The van der Waals surface area contributed by atoms with Gasteiger partial charge in [0.05, 0.1) is 36.1 Å². The van der Waals surface area contributed by atoms with Gasteiger partial charge in [0.25, 0.3) is 5.91 Å². The Morgan fingerprint density at radius 1 is 0.906 bits per heavy atom. The fourth-order valence-corrected chi connectivity index (χ4v) is 3.77. The lowest BCUT2D eigenvalue weighted by molar-refractivity contribution is 0.0472. The van der Waals surface area contributed by atoms with Crippen LogP contribution in [0.15, 0.2) is 36.4 Å². The van der Waals surface area contributed by atoms with Crippen molar-refractivity contribution >= 4 is 28.8 Å². The van der Waals surface area contributed by atoms with E-state index in [2.05, 4.69) is 12.2 Å². The van der Waals surface area contributed by atoms with E-state index in [9.17, 15) is 14.4 Å². The molecule has 1 amide bonds. The second kappa shape index (κ2) is 14.6. The number of Topliss-reactive ketones (excluding diaryl/α,β-unsaturated/α-hetero) is 2. The molecule has 0 aliphatic carbocycles. The SMILES string of the molecule is CCCCOCCOCCNC(=O)c1ccc(CCC(=O)c2ccc(C(=O)CN)s2)cc1. The number of rotatable bonds is 16. The number of aryl methyl sites for hydroxylation is 1. The van der Waals surface area contributed by atoms with Crippen molar-refractivity contribution in [2.75, 3.05) is 39.5 Å². The number of carbonyl (C=O) groups is 3. The van der Waals surface area contributed by atoms with Crippen molar-refractivity contribution in [2.45, 2.75) is 32.6 Å². The first-order chi connectivity index (χ1) is 15.5. The molecule has 8 heteroatoms. The van der Waals surface area contributed by atoms with Gasteiger partial charge in [-0.25, -0.2) is 0 Å². The van der Waals surface area contributed by atoms with E-state index < -0.39 is 0 Å². The van der Waals surface area contributed by atoms with Crippen LogP contribution in [0.5, 0.6) is 0 Å². The summed E-state index contributed by atoms with van der Waals surface area (Å²) >= 11 is 1.18. The Hall–Kier alpha value is -2.39. The summed E-state index contributed by atoms with van der Waals surface area (Å²) in [5.41, 5.74) is 6.89. The zero-order valence-corrected chi connectivity index (χ0v) is 19.4. The number of amides is 1.